The lowest BCUT2D eigenvalue weighted by Gasteiger charge is -2.23. The lowest BCUT2D eigenvalue weighted by atomic mass is 9.85. The standard InChI is InChI=1S/C13H21NO/c1-10-5-6-12(15-8-7-14)11(9-10)13(2,3)4/h5-6,9H,7-8,14H2,1-4H3/p+1. The van der Waals surface area contributed by atoms with Crippen molar-refractivity contribution < 1.29 is 10.5 Å². The van der Waals surface area contributed by atoms with Crippen molar-refractivity contribution in [3.63, 3.8) is 0 Å². The first-order valence-corrected chi connectivity index (χ1v) is 5.48. The molecule has 0 saturated carbocycles. The van der Waals surface area contributed by atoms with Gasteiger partial charge in [-0.2, -0.15) is 0 Å². The van der Waals surface area contributed by atoms with E-state index in [1.807, 2.05) is 0 Å². The largest absolute Gasteiger partial charge is 0.487 e. The molecule has 0 aliphatic rings. The number of hydrogen-bond acceptors (Lipinski definition) is 1. The predicted molar refractivity (Wildman–Crippen MR) is 63.1 cm³/mol. The topological polar surface area (TPSA) is 36.9 Å². The minimum atomic E-state index is 0.128. The maximum Gasteiger partial charge on any atom is 0.137 e. The summed E-state index contributed by atoms with van der Waals surface area (Å²) in [4.78, 5) is 0. The molecule has 0 atom stereocenters. The Kier molecular flexibility index (Phi) is 3.75. The number of hydrogen-bond donors (Lipinski definition) is 1. The highest BCUT2D eigenvalue weighted by molar-refractivity contribution is 5.41. The zero-order valence-electron chi connectivity index (χ0n) is 10.3. The molecule has 0 aromatic heterocycles. The molecule has 84 valence electrons. The first kappa shape index (κ1) is 12.1. The molecule has 2 nitrogen and oxygen atoms in total. The van der Waals surface area contributed by atoms with E-state index in [4.69, 9.17) is 4.74 Å². The summed E-state index contributed by atoms with van der Waals surface area (Å²) in [6.45, 7) is 10.2. The molecule has 0 amide bonds. The van der Waals surface area contributed by atoms with Crippen LogP contribution in [0.4, 0.5) is 0 Å². The van der Waals surface area contributed by atoms with Crippen LogP contribution in [0.15, 0.2) is 18.2 Å². The van der Waals surface area contributed by atoms with Crippen molar-refractivity contribution in [2.24, 2.45) is 0 Å². The molecule has 3 N–H and O–H groups in total. The van der Waals surface area contributed by atoms with E-state index in [2.05, 4.69) is 51.6 Å². The maximum absolute atomic E-state index is 5.71. The molecule has 0 saturated heterocycles. The minimum absolute atomic E-state index is 0.128. The highest BCUT2D eigenvalue weighted by Crippen LogP contribution is 2.31. The highest BCUT2D eigenvalue weighted by atomic mass is 16.5. The van der Waals surface area contributed by atoms with E-state index < -0.39 is 0 Å². The summed E-state index contributed by atoms with van der Waals surface area (Å²) in [7, 11) is 0. The monoisotopic (exact) mass is 208 g/mol. The average Bonchev–Trinajstić information content (AvgIpc) is 2.14. The van der Waals surface area contributed by atoms with Gasteiger partial charge in [-0.3, -0.25) is 0 Å². The van der Waals surface area contributed by atoms with Crippen LogP contribution in [0, 0.1) is 6.92 Å². The third kappa shape index (κ3) is 3.24. The molecule has 1 aromatic carbocycles. The lowest BCUT2D eigenvalue weighted by molar-refractivity contribution is -0.370. The Labute approximate surface area is 92.4 Å². The van der Waals surface area contributed by atoms with Crippen LogP contribution < -0.4 is 10.5 Å². The third-order valence-electron chi connectivity index (χ3n) is 2.34. The molecule has 1 rings (SSSR count). The van der Waals surface area contributed by atoms with Crippen molar-refractivity contribution in [3.05, 3.63) is 29.3 Å². The van der Waals surface area contributed by atoms with E-state index in [-0.39, 0.29) is 5.41 Å². The number of quaternary nitrogens is 1. The van der Waals surface area contributed by atoms with Crippen LogP contribution in [0.2, 0.25) is 0 Å². The summed E-state index contributed by atoms with van der Waals surface area (Å²) < 4.78 is 5.71. The number of ether oxygens (including phenoxy) is 1. The Morgan fingerprint density at radius 1 is 1.27 bits per heavy atom. The summed E-state index contributed by atoms with van der Waals surface area (Å²) in [6, 6.07) is 6.36. The van der Waals surface area contributed by atoms with Gasteiger partial charge in [0.15, 0.2) is 0 Å². The summed E-state index contributed by atoms with van der Waals surface area (Å²) in [6.07, 6.45) is 0. The Morgan fingerprint density at radius 2 is 1.93 bits per heavy atom. The van der Waals surface area contributed by atoms with E-state index in [9.17, 15) is 0 Å². The van der Waals surface area contributed by atoms with Gasteiger partial charge in [0.2, 0.25) is 0 Å². The van der Waals surface area contributed by atoms with Gasteiger partial charge in [-0.05, 0) is 24.0 Å². The van der Waals surface area contributed by atoms with Crippen molar-refractivity contribution in [2.45, 2.75) is 33.1 Å². The molecule has 0 bridgehead atoms. The molecule has 0 radical (unpaired) electrons. The van der Waals surface area contributed by atoms with Crippen LogP contribution in [0.5, 0.6) is 5.75 Å². The number of aryl methyl sites for hydroxylation is 1. The smallest absolute Gasteiger partial charge is 0.137 e. The second kappa shape index (κ2) is 4.67. The highest BCUT2D eigenvalue weighted by Gasteiger charge is 2.18. The lowest BCUT2D eigenvalue weighted by Crippen LogP contribution is -2.52. The molecule has 0 heterocycles. The van der Waals surface area contributed by atoms with E-state index in [0.29, 0.717) is 6.61 Å². The maximum atomic E-state index is 5.71. The van der Waals surface area contributed by atoms with Crippen LogP contribution >= 0.6 is 0 Å². The summed E-state index contributed by atoms with van der Waals surface area (Å²) >= 11 is 0. The second-order valence-corrected chi connectivity index (χ2v) is 4.95. The van der Waals surface area contributed by atoms with Gasteiger partial charge >= 0.3 is 0 Å². The quantitative estimate of drug-likeness (QED) is 0.809. The van der Waals surface area contributed by atoms with E-state index in [0.717, 1.165) is 12.3 Å². The Hall–Kier alpha value is -1.02. The first-order valence-electron chi connectivity index (χ1n) is 5.48. The SMILES string of the molecule is Cc1ccc(OCC[NH3+])c(C(C)(C)C)c1. The van der Waals surface area contributed by atoms with Crippen molar-refractivity contribution >= 4 is 0 Å². The summed E-state index contributed by atoms with van der Waals surface area (Å²) in [5.41, 5.74) is 6.47. The van der Waals surface area contributed by atoms with Gasteiger partial charge in [0.05, 0.1) is 0 Å². The molecular formula is C13H22NO+. The van der Waals surface area contributed by atoms with Crippen molar-refractivity contribution in [1.29, 1.82) is 0 Å². The van der Waals surface area contributed by atoms with E-state index in [1.54, 1.807) is 0 Å². The normalized spacial score (nSPS) is 11.5. The van der Waals surface area contributed by atoms with E-state index >= 15 is 0 Å². The molecule has 1 aromatic rings. The van der Waals surface area contributed by atoms with Gasteiger partial charge in [-0.1, -0.05) is 38.5 Å². The summed E-state index contributed by atoms with van der Waals surface area (Å²) in [5, 5.41) is 0. The number of rotatable bonds is 3. The van der Waals surface area contributed by atoms with Crippen molar-refractivity contribution in [3.8, 4) is 5.75 Å². The van der Waals surface area contributed by atoms with Gasteiger partial charge in [0.1, 0.15) is 18.9 Å². The van der Waals surface area contributed by atoms with Crippen LogP contribution in [0.25, 0.3) is 0 Å². The molecule has 0 aliphatic carbocycles. The first-order chi connectivity index (χ1) is 6.95. The van der Waals surface area contributed by atoms with E-state index in [1.165, 1.54) is 11.1 Å². The molecule has 0 aliphatic heterocycles. The molecule has 0 fully saturated rings. The van der Waals surface area contributed by atoms with Crippen LogP contribution in [-0.2, 0) is 5.41 Å². The zero-order valence-corrected chi connectivity index (χ0v) is 10.3. The van der Waals surface area contributed by atoms with Gasteiger partial charge in [-0.15, -0.1) is 0 Å². The van der Waals surface area contributed by atoms with Gasteiger partial charge < -0.3 is 10.5 Å². The molecule has 0 unspecified atom stereocenters. The fourth-order valence-corrected chi connectivity index (χ4v) is 1.54. The predicted octanol–water partition coefficient (Wildman–Crippen LogP) is 1.91. The van der Waals surface area contributed by atoms with Crippen molar-refractivity contribution in [2.75, 3.05) is 13.2 Å². The summed E-state index contributed by atoms with van der Waals surface area (Å²) in [5.74, 6) is 0.997. The molecule has 15 heavy (non-hydrogen) atoms. The fraction of sp³-hybridized carbons (Fsp3) is 0.538. The number of benzene rings is 1. The van der Waals surface area contributed by atoms with Crippen LogP contribution in [0.3, 0.4) is 0 Å². The Balaban J connectivity index is 3.04. The molecule has 2 heteroatoms. The van der Waals surface area contributed by atoms with Crippen LogP contribution in [-0.4, -0.2) is 13.2 Å². The van der Waals surface area contributed by atoms with Gasteiger partial charge in [-0.25, -0.2) is 0 Å². The van der Waals surface area contributed by atoms with Gasteiger partial charge in [0.25, 0.3) is 0 Å². The average molecular weight is 208 g/mol. The molecule has 0 spiro atoms. The fourth-order valence-electron chi connectivity index (χ4n) is 1.54. The van der Waals surface area contributed by atoms with Gasteiger partial charge in [0, 0.05) is 0 Å². The molecular weight excluding hydrogens is 186 g/mol. The van der Waals surface area contributed by atoms with Crippen LogP contribution in [0.1, 0.15) is 31.9 Å². The minimum Gasteiger partial charge on any atom is -0.487 e. The Morgan fingerprint density at radius 3 is 2.47 bits per heavy atom. The second-order valence-electron chi connectivity index (χ2n) is 4.95. The Bertz CT molecular complexity index is 326. The third-order valence-corrected chi connectivity index (χ3v) is 2.34. The zero-order chi connectivity index (χ0) is 11.5. The van der Waals surface area contributed by atoms with Crippen molar-refractivity contribution in [1.82, 2.24) is 0 Å².